The van der Waals surface area contributed by atoms with Crippen LogP contribution in [0, 0.1) is 0 Å². The Morgan fingerprint density at radius 1 is 1.03 bits per heavy atom. The molecule has 3 aromatic rings. The van der Waals surface area contributed by atoms with Crippen LogP contribution in [0.3, 0.4) is 0 Å². The normalized spacial score (nSPS) is 16.5. The summed E-state index contributed by atoms with van der Waals surface area (Å²) >= 11 is 0. The van der Waals surface area contributed by atoms with E-state index in [2.05, 4.69) is 46.6 Å². The molecule has 4 heterocycles. The summed E-state index contributed by atoms with van der Waals surface area (Å²) in [6, 6.07) is 7.74. The first kappa shape index (κ1) is 26.8. The molecule has 0 bridgehead atoms. The van der Waals surface area contributed by atoms with Crippen molar-refractivity contribution in [3.63, 3.8) is 0 Å². The van der Waals surface area contributed by atoms with Gasteiger partial charge < -0.3 is 26.2 Å². The Bertz CT molecular complexity index is 1310. The predicted molar refractivity (Wildman–Crippen MR) is 154 cm³/mol. The highest BCUT2D eigenvalue weighted by Crippen LogP contribution is 2.31. The minimum absolute atomic E-state index is 0.104. The molecular weight excluding hydrogens is 492 g/mol. The van der Waals surface area contributed by atoms with E-state index in [9.17, 15) is 9.59 Å². The highest BCUT2D eigenvalue weighted by molar-refractivity contribution is 5.95. The average molecular weight is 533 g/mol. The number of hydrogen-bond donors (Lipinski definition) is 3. The van der Waals surface area contributed by atoms with Crippen LogP contribution in [0.15, 0.2) is 30.5 Å². The molecule has 2 aliphatic rings. The first-order valence-corrected chi connectivity index (χ1v) is 14.3. The molecule has 0 unspecified atom stereocenters. The van der Waals surface area contributed by atoms with Crippen LogP contribution in [-0.2, 0) is 19.5 Å². The van der Waals surface area contributed by atoms with Crippen molar-refractivity contribution in [2.45, 2.75) is 71.5 Å². The maximum absolute atomic E-state index is 13.2. The molecule has 2 saturated heterocycles. The number of pyridine rings is 1. The summed E-state index contributed by atoms with van der Waals surface area (Å²) in [5, 5.41) is 12.4. The van der Waals surface area contributed by atoms with E-state index in [0.717, 1.165) is 66.9 Å². The molecule has 0 spiro atoms. The molecule has 3 amide bonds. The lowest BCUT2D eigenvalue weighted by atomic mass is 10.0. The van der Waals surface area contributed by atoms with Gasteiger partial charge >= 0.3 is 6.03 Å². The Kier molecular flexibility index (Phi) is 8.18. The zero-order chi connectivity index (χ0) is 27.4. The van der Waals surface area contributed by atoms with Gasteiger partial charge in [0.15, 0.2) is 5.65 Å². The number of nitrogens with two attached hydrogens (primary N) is 1. The SMILES string of the molecule is CCc1nc2c(cnn2CC)c(NC2CCN(C(N)=O)CC2)c1CNC(=O)c1ccc(N2CCCCC2)cc1. The van der Waals surface area contributed by atoms with Gasteiger partial charge in [0.25, 0.3) is 5.91 Å². The summed E-state index contributed by atoms with van der Waals surface area (Å²) in [5.41, 5.74) is 11.0. The van der Waals surface area contributed by atoms with Gasteiger partial charge in [0.1, 0.15) is 0 Å². The van der Waals surface area contributed by atoms with E-state index in [-0.39, 0.29) is 18.0 Å². The number of nitrogens with one attached hydrogen (secondary N) is 2. The summed E-state index contributed by atoms with van der Waals surface area (Å²) in [5.74, 6) is -0.104. The fraction of sp³-hybridized carbons (Fsp3) is 0.517. The van der Waals surface area contributed by atoms with Gasteiger partial charge in [0.2, 0.25) is 0 Å². The maximum Gasteiger partial charge on any atom is 0.314 e. The molecule has 2 aliphatic heterocycles. The highest BCUT2D eigenvalue weighted by Gasteiger charge is 2.25. The third-order valence-electron chi connectivity index (χ3n) is 8.04. The number of piperidine rings is 2. The number of primary amides is 1. The minimum Gasteiger partial charge on any atom is -0.381 e. The monoisotopic (exact) mass is 532 g/mol. The number of rotatable bonds is 8. The van der Waals surface area contributed by atoms with Crippen molar-refractivity contribution in [1.29, 1.82) is 0 Å². The molecule has 1 aromatic carbocycles. The predicted octanol–water partition coefficient (Wildman–Crippen LogP) is 3.89. The van der Waals surface area contributed by atoms with Crippen molar-refractivity contribution >= 4 is 34.3 Å². The van der Waals surface area contributed by atoms with Gasteiger partial charge in [0, 0.05) is 67.8 Å². The van der Waals surface area contributed by atoms with Crippen molar-refractivity contribution < 1.29 is 9.59 Å². The molecule has 10 heteroatoms. The maximum atomic E-state index is 13.2. The lowest BCUT2D eigenvalue weighted by molar-refractivity contribution is 0.0951. The van der Waals surface area contributed by atoms with Crippen LogP contribution in [0.5, 0.6) is 0 Å². The van der Waals surface area contributed by atoms with Gasteiger partial charge in [-0.3, -0.25) is 4.79 Å². The Labute approximate surface area is 229 Å². The van der Waals surface area contributed by atoms with Crippen LogP contribution < -0.4 is 21.3 Å². The number of benzene rings is 1. The minimum atomic E-state index is -0.371. The third-order valence-corrected chi connectivity index (χ3v) is 8.04. The van der Waals surface area contributed by atoms with E-state index < -0.39 is 0 Å². The second-order valence-electron chi connectivity index (χ2n) is 10.5. The fourth-order valence-electron chi connectivity index (χ4n) is 5.75. The quantitative estimate of drug-likeness (QED) is 0.405. The zero-order valence-electron chi connectivity index (χ0n) is 23.1. The van der Waals surface area contributed by atoms with Crippen molar-refractivity contribution in [3.05, 3.63) is 47.3 Å². The molecule has 2 aromatic heterocycles. The first-order valence-electron chi connectivity index (χ1n) is 14.3. The summed E-state index contributed by atoms with van der Waals surface area (Å²) < 4.78 is 1.90. The van der Waals surface area contributed by atoms with Crippen LogP contribution >= 0.6 is 0 Å². The number of carbonyl (C=O) groups excluding carboxylic acids is 2. The second kappa shape index (κ2) is 11.9. The highest BCUT2D eigenvalue weighted by atomic mass is 16.2. The molecular formula is C29H40N8O2. The van der Waals surface area contributed by atoms with Crippen molar-refractivity contribution in [3.8, 4) is 0 Å². The Morgan fingerprint density at radius 2 is 1.74 bits per heavy atom. The average Bonchev–Trinajstić information content (AvgIpc) is 3.40. The van der Waals surface area contributed by atoms with E-state index in [1.165, 1.54) is 24.9 Å². The van der Waals surface area contributed by atoms with Gasteiger partial charge in [-0.2, -0.15) is 5.10 Å². The molecule has 5 rings (SSSR count). The van der Waals surface area contributed by atoms with E-state index in [4.69, 9.17) is 10.7 Å². The Morgan fingerprint density at radius 3 is 2.38 bits per heavy atom. The van der Waals surface area contributed by atoms with E-state index >= 15 is 0 Å². The summed E-state index contributed by atoms with van der Waals surface area (Å²) in [4.78, 5) is 33.8. The molecule has 0 aliphatic carbocycles. The summed E-state index contributed by atoms with van der Waals surface area (Å²) in [7, 11) is 0. The number of likely N-dealkylation sites (tertiary alicyclic amines) is 1. The lowest BCUT2D eigenvalue weighted by Gasteiger charge is -2.32. The number of nitrogens with zero attached hydrogens (tertiary/aromatic N) is 5. The van der Waals surface area contributed by atoms with Crippen LogP contribution in [0.1, 0.15) is 67.6 Å². The van der Waals surface area contributed by atoms with Crippen LogP contribution in [0.4, 0.5) is 16.2 Å². The van der Waals surface area contributed by atoms with Crippen molar-refractivity contribution in [2.24, 2.45) is 5.73 Å². The second-order valence-corrected chi connectivity index (χ2v) is 10.5. The fourth-order valence-corrected chi connectivity index (χ4v) is 5.75. The molecule has 4 N–H and O–H groups in total. The van der Waals surface area contributed by atoms with Crippen LogP contribution in [-0.4, -0.2) is 63.8 Å². The number of aromatic nitrogens is 3. The molecule has 39 heavy (non-hydrogen) atoms. The number of amides is 3. The summed E-state index contributed by atoms with van der Waals surface area (Å²) in [6.45, 7) is 8.61. The largest absolute Gasteiger partial charge is 0.381 e. The topological polar surface area (TPSA) is 121 Å². The van der Waals surface area contributed by atoms with Crippen molar-refractivity contribution in [1.82, 2.24) is 25.0 Å². The van der Waals surface area contributed by atoms with Gasteiger partial charge in [-0.05, 0) is 69.7 Å². The Hall–Kier alpha value is -3.82. The van der Waals surface area contributed by atoms with Gasteiger partial charge in [0.05, 0.1) is 17.3 Å². The van der Waals surface area contributed by atoms with Gasteiger partial charge in [-0.1, -0.05) is 6.92 Å². The number of aryl methyl sites for hydroxylation is 2. The molecule has 10 nitrogen and oxygen atoms in total. The molecule has 2 fully saturated rings. The van der Waals surface area contributed by atoms with Crippen LogP contribution in [0.25, 0.3) is 11.0 Å². The number of hydrogen-bond acceptors (Lipinski definition) is 6. The van der Waals surface area contributed by atoms with Gasteiger partial charge in [-0.15, -0.1) is 0 Å². The van der Waals surface area contributed by atoms with E-state index in [1.54, 1.807) is 4.90 Å². The van der Waals surface area contributed by atoms with E-state index in [0.29, 0.717) is 25.2 Å². The first-order chi connectivity index (χ1) is 19.0. The standard InChI is InChI=1S/C29H40N8O2/c1-3-25-23(18-31-28(38)20-8-10-22(11-9-20)35-14-6-5-7-15-35)26(24-19-32-37(4-2)27(24)34-25)33-21-12-16-36(17-13-21)29(30)39/h8-11,19,21H,3-7,12-18H2,1-2H3,(H2,30,39)(H,31,38)(H,33,34). The Balaban J connectivity index is 1.37. The molecule has 0 radical (unpaired) electrons. The number of anilines is 2. The smallest absolute Gasteiger partial charge is 0.314 e. The van der Waals surface area contributed by atoms with Crippen LogP contribution in [0.2, 0.25) is 0 Å². The van der Waals surface area contributed by atoms with E-state index in [1.807, 2.05) is 23.0 Å². The molecule has 0 saturated carbocycles. The van der Waals surface area contributed by atoms with Crippen molar-refractivity contribution in [2.75, 3.05) is 36.4 Å². The number of fused-ring (bicyclic) bond motifs is 1. The molecule has 0 atom stereocenters. The zero-order valence-corrected chi connectivity index (χ0v) is 23.1. The summed E-state index contributed by atoms with van der Waals surface area (Å²) in [6.07, 6.45) is 7.92. The van der Waals surface area contributed by atoms with Gasteiger partial charge in [-0.25, -0.2) is 14.5 Å². The third kappa shape index (κ3) is 5.79. The number of urea groups is 1. The number of carbonyl (C=O) groups is 2. The lowest BCUT2D eigenvalue weighted by Crippen LogP contribution is -2.44. The molecule has 208 valence electrons.